The predicted octanol–water partition coefficient (Wildman–Crippen LogP) is 0.792. The second kappa shape index (κ2) is 2.67. The lowest BCUT2D eigenvalue weighted by Gasteiger charge is -1.97. The van der Waals surface area contributed by atoms with Crippen LogP contribution in [-0.2, 0) is 4.74 Å². The molecular weight excluding hydrogens is 116 g/mol. The van der Waals surface area contributed by atoms with Crippen LogP contribution in [0, 0.1) is 5.92 Å². The van der Waals surface area contributed by atoms with E-state index in [1.807, 2.05) is 0 Å². The van der Waals surface area contributed by atoms with Crippen molar-refractivity contribution in [3.63, 3.8) is 0 Å². The SMILES string of the molecule is CC(C)C[C@@H]1O[C@H]1CO. The highest BCUT2D eigenvalue weighted by molar-refractivity contribution is 4.84. The Hall–Kier alpha value is -0.0800. The predicted molar refractivity (Wildman–Crippen MR) is 35.2 cm³/mol. The van der Waals surface area contributed by atoms with Crippen LogP contribution in [-0.4, -0.2) is 23.9 Å². The molecule has 0 amide bonds. The van der Waals surface area contributed by atoms with Gasteiger partial charge in [0.25, 0.3) is 0 Å². The highest BCUT2D eigenvalue weighted by atomic mass is 16.6. The molecule has 1 saturated heterocycles. The maximum Gasteiger partial charge on any atom is 0.107 e. The van der Waals surface area contributed by atoms with E-state index in [9.17, 15) is 0 Å². The zero-order valence-corrected chi connectivity index (χ0v) is 6.00. The van der Waals surface area contributed by atoms with Crippen LogP contribution in [0.15, 0.2) is 0 Å². The van der Waals surface area contributed by atoms with Crippen LogP contribution in [0.2, 0.25) is 0 Å². The average molecular weight is 130 g/mol. The zero-order valence-electron chi connectivity index (χ0n) is 6.00. The molecule has 2 heteroatoms. The first kappa shape index (κ1) is 7.03. The lowest BCUT2D eigenvalue weighted by atomic mass is 10.1. The van der Waals surface area contributed by atoms with Gasteiger partial charge in [0, 0.05) is 0 Å². The van der Waals surface area contributed by atoms with Gasteiger partial charge in [-0.2, -0.15) is 0 Å². The van der Waals surface area contributed by atoms with E-state index in [0.29, 0.717) is 12.0 Å². The number of hydrogen-bond donors (Lipinski definition) is 1. The Morgan fingerprint density at radius 3 is 2.44 bits per heavy atom. The molecule has 0 aromatic heterocycles. The molecule has 0 saturated carbocycles. The lowest BCUT2D eigenvalue weighted by molar-refractivity contribution is 0.241. The number of rotatable bonds is 3. The van der Waals surface area contributed by atoms with Crippen molar-refractivity contribution in [1.82, 2.24) is 0 Å². The van der Waals surface area contributed by atoms with Gasteiger partial charge in [-0.05, 0) is 12.3 Å². The van der Waals surface area contributed by atoms with Gasteiger partial charge in [0.15, 0.2) is 0 Å². The topological polar surface area (TPSA) is 32.8 Å². The fourth-order valence-corrected chi connectivity index (χ4v) is 1.01. The fourth-order valence-electron chi connectivity index (χ4n) is 1.01. The molecule has 1 aliphatic rings. The standard InChI is InChI=1S/C7H14O2/c1-5(2)3-6-7(4-8)9-6/h5-8H,3-4H2,1-2H3/t6-,7-/m0/s1. The first-order valence-corrected chi connectivity index (χ1v) is 3.50. The molecule has 1 fully saturated rings. The third-order valence-electron chi connectivity index (χ3n) is 1.57. The maximum absolute atomic E-state index is 8.56. The summed E-state index contributed by atoms with van der Waals surface area (Å²) < 4.78 is 5.13. The number of aliphatic hydroxyl groups excluding tert-OH is 1. The van der Waals surface area contributed by atoms with Crippen LogP contribution in [0.3, 0.4) is 0 Å². The van der Waals surface area contributed by atoms with Gasteiger partial charge in [-0.3, -0.25) is 0 Å². The first-order valence-electron chi connectivity index (χ1n) is 3.50. The molecule has 2 nitrogen and oxygen atoms in total. The first-order chi connectivity index (χ1) is 4.24. The molecule has 2 atom stereocenters. The smallest absolute Gasteiger partial charge is 0.107 e. The van der Waals surface area contributed by atoms with Gasteiger partial charge in [-0.1, -0.05) is 13.8 Å². The van der Waals surface area contributed by atoms with Crippen LogP contribution in [0.1, 0.15) is 20.3 Å². The van der Waals surface area contributed by atoms with Crippen molar-refractivity contribution in [2.24, 2.45) is 5.92 Å². The van der Waals surface area contributed by atoms with Gasteiger partial charge in [0.2, 0.25) is 0 Å². The summed E-state index contributed by atoms with van der Waals surface area (Å²) in [6, 6.07) is 0. The molecule has 0 radical (unpaired) electrons. The molecule has 0 spiro atoms. The van der Waals surface area contributed by atoms with Gasteiger partial charge >= 0.3 is 0 Å². The summed E-state index contributed by atoms with van der Waals surface area (Å²) in [5.41, 5.74) is 0. The molecule has 54 valence electrons. The maximum atomic E-state index is 8.56. The van der Waals surface area contributed by atoms with Crippen LogP contribution >= 0.6 is 0 Å². The van der Waals surface area contributed by atoms with E-state index in [2.05, 4.69) is 13.8 Å². The molecule has 1 N–H and O–H groups in total. The van der Waals surface area contributed by atoms with Gasteiger partial charge in [-0.15, -0.1) is 0 Å². The summed E-state index contributed by atoms with van der Waals surface area (Å²) in [5.74, 6) is 0.687. The number of ether oxygens (including phenoxy) is 1. The summed E-state index contributed by atoms with van der Waals surface area (Å²) in [6.45, 7) is 4.52. The summed E-state index contributed by atoms with van der Waals surface area (Å²) in [4.78, 5) is 0. The second-order valence-corrected chi connectivity index (χ2v) is 3.03. The van der Waals surface area contributed by atoms with E-state index >= 15 is 0 Å². The van der Waals surface area contributed by atoms with Crippen LogP contribution in [0.4, 0.5) is 0 Å². The monoisotopic (exact) mass is 130 g/mol. The Morgan fingerprint density at radius 2 is 2.11 bits per heavy atom. The molecule has 1 rings (SSSR count). The lowest BCUT2D eigenvalue weighted by Crippen LogP contribution is -2.01. The Balaban J connectivity index is 2.05. The van der Waals surface area contributed by atoms with Crippen molar-refractivity contribution in [2.45, 2.75) is 32.5 Å². The molecule has 1 heterocycles. The van der Waals surface area contributed by atoms with Crippen LogP contribution in [0.25, 0.3) is 0 Å². The Labute approximate surface area is 55.8 Å². The molecule has 0 aromatic rings. The van der Waals surface area contributed by atoms with Crippen molar-refractivity contribution in [3.8, 4) is 0 Å². The molecule has 0 unspecified atom stereocenters. The van der Waals surface area contributed by atoms with E-state index in [1.54, 1.807) is 0 Å². The number of epoxide rings is 1. The molecule has 1 aliphatic heterocycles. The van der Waals surface area contributed by atoms with Gasteiger partial charge < -0.3 is 9.84 Å². The van der Waals surface area contributed by atoms with E-state index in [0.717, 1.165) is 6.42 Å². The van der Waals surface area contributed by atoms with Crippen molar-refractivity contribution in [3.05, 3.63) is 0 Å². The van der Waals surface area contributed by atoms with Crippen molar-refractivity contribution in [1.29, 1.82) is 0 Å². The molecular formula is C7H14O2. The largest absolute Gasteiger partial charge is 0.394 e. The van der Waals surface area contributed by atoms with E-state index in [-0.39, 0.29) is 12.7 Å². The van der Waals surface area contributed by atoms with Crippen molar-refractivity contribution >= 4 is 0 Å². The summed E-state index contributed by atoms with van der Waals surface area (Å²) >= 11 is 0. The molecule has 9 heavy (non-hydrogen) atoms. The third-order valence-corrected chi connectivity index (χ3v) is 1.57. The second-order valence-electron chi connectivity index (χ2n) is 3.03. The van der Waals surface area contributed by atoms with E-state index in [4.69, 9.17) is 9.84 Å². The minimum Gasteiger partial charge on any atom is -0.394 e. The average Bonchev–Trinajstić information content (AvgIpc) is 2.45. The fraction of sp³-hybridized carbons (Fsp3) is 1.00. The molecule has 0 aromatic carbocycles. The van der Waals surface area contributed by atoms with Gasteiger partial charge in [0.05, 0.1) is 12.7 Å². The zero-order chi connectivity index (χ0) is 6.85. The Kier molecular flexibility index (Phi) is 2.09. The quantitative estimate of drug-likeness (QED) is 0.573. The summed E-state index contributed by atoms with van der Waals surface area (Å²) in [7, 11) is 0. The number of hydrogen-bond acceptors (Lipinski definition) is 2. The minimum absolute atomic E-state index is 0.160. The van der Waals surface area contributed by atoms with Crippen molar-refractivity contribution < 1.29 is 9.84 Å². The normalized spacial score (nSPS) is 33.3. The highest BCUT2D eigenvalue weighted by Crippen LogP contribution is 2.27. The Morgan fingerprint density at radius 1 is 1.44 bits per heavy atom. The Bertz CT molecular complexity index is 90.9. The van der Waals surface area contributed by atoms with E-state index in [1.165, 1.54) is 0 Å². The van der Waals surface area contributed by atoms with Gasteiger partial charge in [0.1, 0.15) is 6.10 Å². The summed E-state index contributed by atoms with van der Waals surface area (Å²) in [6.07, 6.45) is 1.60. The highest BCUT2D eigenvalue weighted by Gasteiger charge is 2.37. The summed E-state index contributed by atoms with van der Waals surface area (Å²) in [5, 5.41) is 8.56. The molecule has 0 aliphatic carbocycles. The third kappa shape index (κ3) is 1.95. The van der Waals surface area contributed by atoms with Crippen molar-refractivity contribution in [2.75, 3.05) is 6.61 Å². The molecule has 0 bridgehead atoms. The van der Waals surface area contributed by atoms with E-state index < -0.39 is 0 Å². The minimum atomic E-state index is 0.160. The van der Waals surface area contributed by atoms with Gasteiger partial charge in [-0.25, -0.2) is 0 Å². The van der Waals surface area contributed by atoms with Crippen LogP contribution in [0.5, 0.6) is 0 Å². The van der Waals surface area contributed by atoms with Crippen LogP contribution < -0.4 is 0 Å². The number of aliphatic hydroxyl groups is 1.